The molecular formula is C9H9N3O5. The van der Waals surface area contributed by atoms with Gasteiger partial charge in [0.15, 0.2) is 0 Å². The lowest BCUT2D eigenvalue weighted by atomic mass is 10.3. The third-order valence-electron chi connectivity index (χ3n) is 1.72. The number of carbonyl (C=O) groups excluding carboxylic acids is 1. The standard InChI is InChI=1S/C9H9N3O5/c13-8(14)5-10-9(15)11-6-2-1-3-7(4-6)12(16)17/h1-4H,5H2,(H,13,14)(H2,10,11,15). The Hall–Kier alpha value is -2.64. The number of hydrogen-bond acceptors (Lipinski definition) is 4. The Balaban J connectivity index is 2.62. The van der Waals surface area contributed by atoms with Crippen LogP contribution in [0.5, 0.6) is 0 Å². The summed E-state index contributed by atoms with van der Waals surface area (Å²) in [5, 5.41) is 23.1. The predicted octanol–water partition coefficient (Wildman–Crippen LogP) is 0.801. The van der Waals surface area contributed by atoms with Crippen LogP contribution in [0.15, 0.2) is 24.3 Å². The molecule has 0 aliphatic rings. The lowest BCUT2D eigenvalue weighted by Crippen LogP contribution is -2.33. The molecular weight excluding hydrogens is 230 g/mol. The highest BCUT2D eigenvalue weighted by atomic mass is 16.6. The quantitative estimate of drug-likeness (QED) is 0.530. The molecule has 8 nitrogen and oxygen atoms in total. The molecule has 0 aromatic heterocycles. The Labute approximate surface area is 95.4 Å². The van der Waals surface area contributed by atoms with E-state index in [1.165, 1.54) is 24.3 Å². The van der Waals surface area contributed by atoms with Gasteiger partial charge in [-0.2, -0.15) is 0 Å². The lowest BCUT2D eigenvalue weighted by Gasteiger charge is -2.05. The van der Waals surface area contributed by atoms with E-state index in [2.05, 4.69) is 10.6 Å². The SMILES string of the molecule is O=C(O)CNC(=O)Nc1cccc([N+](=O)[O-])c1. The maximum atomic E-state index is 11.1. The molecule has 0 radical (unpaired) electrons. The minimum absolute atomic E-state index is 0.166. The number of nitro groups is 1. The highest BCUT2D eigenvalue weighted by molar-refractivity contribution is 5.91. The molecule has 0 saturated carbocycles. The van der Waals surface area contributed by atoms with Gasteiger partial charge in [-0.05, 0) is 6.07 Å². The number of non-ortho nitro benzene ring substituents is 1. The molecule has 8 heteroatoms. The van der Waals surface area contributed by atoms with E-state index in [0.717, 1.165) is 0 Å². The number of rotatable bonds is 4. The molecule has 0 atom stereocenters. The molecule has 0 heterocycles. The smallest absolute Gasteiger partial charge is 0.323 e. The first-order chi connectivity index (χ1) is 7.99. The molecule has 0 bridgehead atoms. The summed E-state index contributed by atoms with van der Waals surface area (Å²) in [6.07, 6.45) is 0. The van der Waals surface area contributed by atoms with Crippen LogP contribution in [-0.2, 0) is 4.79 Å². The first kappa shape index (κ1) is 12.4. The Morgan fingerprint density at radius 1 is 1.41 bits per heavy atom. The first-order valence-corrected chi connectivity index (χ1v) is 4.50. The highest BCUT2D eigenvalue weighted by Gasteiger charge is 2.08. The zero-order valence-electron chi connectivity index (χ0n) is 8.54. The summed E-state index contributed by atoms with van der Waals surface area (Å²) in [4.78, 5) is 31.2. The van der Waals surface area contributed by atoms with Crippen molar-refractivity contribution in [2.24, 2.45) is 0 Å². The highest BCUT2D eigenvalue weighted by Crippen LogP contribution is 2.16. The number of anilines is 1. The van der Waals surface area contributed by atoms with Crippen molar-refractivity contribution in [3.05, 3.63) is 34.4 Å². The largest absolute Gasteiger partial charge is 0.480 e. The first-order valence-electron chi connectivity index (χ1n) is 4.50. The van der Waals surface area contributed by atoms with Crippen molar-refractivity contribution in [2.45, 2.75) is 0 Å². The minimum atomic E-state index is -1.18. The van der Waals surface area contributed by atoms with Crippen LogP contribution in [-0.4, -0.2) is 28.6 Å². The molecule has 17 heavy (non-hydrogen) atoms. The Morgan fingerprint density at radius 3 is 2.71 bits per heavy atom. The topological polar surface area (TPSA) is 122 Å². The second kappa shape index (κ2) is 5.45. The number of nitro benzene ring substituents is 1. The molecule has 0 aliphatic carbocycles. The number of hydrogen-bond donors (Lipinski definition) is 3. The van der Waals surface area contributed by atoms with E-state index in [0.29, 0.717) is 0 Å². The van der Waals surface area contributed by atoms with Crippen molar-refractivity contribution in [1.29, 1.82) is 0 Å². The fourth-order valence-electron chi connectivity index (χ4n) is 1.03. The van der Waals surface area contributed by atoms with Crippen molar-refractivity contribution >= 4 is 23.4 Å². The summed E-state index contributed by atoms with van der Waals surface area (Å²) in [7, 11) is 0. The van der Waals surface area contributed by atoms with Gasteiger partial charge in [0.2, 0.25) is 0 Å². The summed E-state index contributed by atoms with van der Waals surface area (Å²) in [6.45, 7) is -0.527. The van der Waals surface area contributed by atoms with E-state index < -0.39 is 23.5 Å². The van der Waals surface area contributed by atoms with E-state index in [1.54, 1.807) is 0 Å². The summed E-state index contributed by atoms with van der Waals surface area (Å²) < 4.78 is 0. The van der Waals surface area contributed by atoms with Gasteiger partial charge < -0.3 is 15.7 Å². The number of urea groups is 1. The fraction of sp³-hybridized carbons (Fsp3) is 0.111. The van der Waals surface area contributed by atoms with Crippen molar-refractivity contribution in [2.75, 3.05) is 11.9 Å². The van der Waals surface area contributed by atoms with Crippen LogP contribution in [0.1, 0.15) is 0 Å². The number of nitrogens with zero attached hydrogens (tertiary/aromatic N) is 1. The number of carboxylic acids is 1. The van der Waals surface area contributed by atoms with Gasteiger partial charge in [-0.15, -0.1) is 0 Å². The van der Waals surface area contributed by atoms with Crippen LogP contribution in [0.4, 0.5) is 16.2 Å². The molecule has 0 spiro atoms. The molecule has 1 rings (SSSR count). The van der Waals surface area contributed by atoms with E-state index in [-0.39, 0.29) is 11.4 Å². The van der Waals surface area contributed by atoms with Crippen LogP contribution in [0.3, 0.4) is 0 Å². The third kappa shape index (κ3) is 4.16. The van der Waals surface area contributed by atoms with E-state index in [4.69, 9.17) is 5.11 Å². The summed E-state index contributed by atoms with van der Waals surface area (Å²) >= 11 is 0. The number of amides is 2. The Kier molecular flexibility index (Phi) is 3.98. The van der Waals surface area contributed by atoms with E-state index in [9.17, 15) is 19.7 Å². The normalized spacial score (nSPS) is 9.41. The maximum Gasteiger partial charge on any atom is 0.323 e. The molecule has 2 amide bonds. The van der Waals surface area contributed by atoms with Gasteiger partial charge in [0.05, 0.1) is 4.92 Å². The second-order valence-corrected chi connectivity index (χ2v) is 3.01. The van der Waals surface area contributed by atoms with Gasteiger partial charge in [-0.1, -0.05) is 6.07 Å². The molecule has 3 N–H and O–H groups in total. The number of nitrogens with one attached hydrogen (secondary N) is 2. The molecule has 0 unspecified atom stereocenters. The van der Waals surface area contributed by atoms with Crippen molar-refractivity contribution in [1.82, 2.24) is 5.32 Å². The van der Waals surface area contributed by atoms with Gasteiger partial charge in [0.25, 0.3) is 5.69 Å². The molecule has 1 aromatic carbocycles. The van der Waals surface area contributed by atoms with Gasteiger partial charge in [0, 0.05) is 17.8 Å². The number of aliphatic carboxylic acids is 1. The Morgan fingerprint density at radius 2 is 2.12 bits per heavy atom. The molecule has 0 saturated heterocycles. The van der Waals surface area contributed by atoms with Crippen molar-refractivity contribution in [3.63, 3.8) is 0 Å². The van der Waals surface area contributed by atoms with Gasteiger partial charge in [-0.25, -0.2) is 4.79 Å². The van der Waals surface area contributed by atoms with E-state index in [1.807, 2.05) is 0 Å². The van der Waals surface area contributed by atoms with Crippen molar-refractivity contribution in [3.8, 4) is 0 Å². The van der Waals surface area contributed by atoms with Gasteiger partial charge in [0.1, 0.15) is 6.54 Å². The predicted molar refractivity (Wildman–Crippen MR) is 57.8 cm³/mol. The number of carboxylic acid groups (broad SMARTS) is 1. The molecule has 1 aromatic rings. The van der Waals surface area contributed by atoms with Crippen LogP contribution in [0, 0.1) is 10.1 Å². The third-order valence-corrected chi connectivity index (χ3v) is 1.72. The van der Waals surface area contributed by atoms with E-state index >= 15 is 0 Å². The minimum Gasteiger partial charge on any atom is -0.480 e. The zero-order chi connectivity index (χ0) is 12.8. The van der Waals surface area contributed by atoms with Crippen LogP contribution < -0.4 is 10.6 Å². The van der Waals surface area contributed by atoms with Crippen LogP contribution in [0.2, 0.25) is 0 Å². The summed E-state index contributed by atoms with van der Waals surface area (Å²) in [5.74, 6) is -1.18. The number of carbonyl (C=O) groups is 2. The maximum absolute atomic E-state index is 11.1. The lowest BCUT2D eigenvalue weighted by molar-refractivity contribution is -0.384. The van der Waals surface area contributed by atoms with Crippen LogP contribution in [0.25, 0.3) is 0 Å². The number of benzene rings is 1. The summed E-state index contributed by atoms with van der Waals surface area (Å²) in [5.41, 5.74) is 0.0446. The Bertz CT molecular complexity index is 460. The second-order valence-electron chi connectivity index (χ2n) is 3.01. The monoisotopic (exact) mass is 239 g/mol. The average Bonchev–Trinajstić information content (AvgIpc) is 2.26. The van der Waals surface area contributed by atoms with Gasteiger partial charge >= 0.3 is 12.0 Å². The molecule has 0 aliphatic heterocycles. The average molecular weight is 239 g/mol. The van der Waals surface area contributed by atoms with Crippen LogP contribution >= 0.6 is 0 Å². The van der Waals surface area contributed by atoms with Crippen molar-refractivity contribution < 1.29 is 19.6 Å². The summed E-state index contributed by atoms with van der Waals surface area (Å²) in [6, 6.07) is 4.56. The fourth-order valence-corrected chi connectivity index (χ4v) is 1.03. The zero-order valence-corrected chi connectivity index (χ0v) is 8.54. The van der Waals surface area contributed by atoms with Gasteiger partial charge in [-0.3, -0.25) is 14.9 Å². The molecule has 0 fully saturated rings. The molecule has 90 valence electrons.